The summed E-state index contributed by atoms with van der Waals surface area (Å²) in [7, 11) is 0. The fourth-order valence-electron chi connectivity index (χ4n) is 2.35. The van der Waals surface area contributed by atoms with Gasteiger partial charge in [0, 0.05) is 22.3 Å². The predicted molar refractivity (Wildman–Crippen MR) is 86.8 cm³/mol. The predicted octanol–water partition coefficient (Wildman–Crippen LogP) is 3.46. The molecule has 1 aliphatic heterocycles. The van der Waals surface area contributed by atoms with Crippen LogP contribution in [0.25, 0.3) is 0 Å². The third kappa shape index (κ3) is 2.74. The molecule has 0 saturated carbocycles. The molecule has 0 unspecified atom stereocenters. The Morgan fingerprint density at radius 3 is 2.86 bits per heavy atom. The number of hydrogen-bond donors (Lipinski definition) is 1. The molecule has 0 bridgehead atoms. The van der Waals surface area contributed by atoms with Gasteiger partial charge in [-0.15, -0.1) is 0 Å². The Morgan fingerprint density at radius 1 is 1.24 bits per heavy atom. The molecule has 0 spiro atoms. The molecule has 21 heavy (non-hydrogen) atoms. The highest BCUT2D eigenvalue weighted by Gasteiger charge is 2.23. The lowest BCUT2D eigenvalue weighted by Crippen LogP contribution is -2.31. The summed E-state index contributed by atoms with van der Waals surface area (Å²) in [5.41, 5.74) is 7.81. The Kier molecular flexibility index (Phi) is 3.84. The van der Waals surface area contributed by atoms with Crippen LogP contribution in [0.4, 0.5) is 11.4 Å². The number of nitrogens with zero attached hydrogens (tertiary/aromatic N) is 1. The van der Waals surface area contributed by atoms with Gasteiger partial charge in [0.25, 0.3) is 5.91 Å². The molecule has 0 fully saturated rings. The van der Waals surface area contributed by atoms with Gasteiger partial charge in [0.05, 0.1) is 12.3 Å². The molecule has 4 nitrogen and oxygen atoms in total. The third-order valence-electron chi connectivity index (χ3n) is 3.43. The minimum absolute atomic E-state index is 0.0475. The van der Waals surface area contributed by atoms with Crippen LogP contribution in [0.15, 0.2) is 46.9 Å². The Hall–Kier alpha value is -2.01. The van der Waals surface area contributed by atoms with Crippen LogP contribution in [0.3, 0.4) is 0 Å². The van der Waals surface area contributed by atoms with Gasteiger partial charge >= 0.3 is 0 Å². The Bertz CT molecular complexity index is 688. The number of hydrogen-bond acceptors (Lipinski definition) is 3. The number of amides is 1. The molecular formula is C16H15BrN2O2. The molecule has 3 rings (SSSR count). The largest absolute Gasteiger partial charge is 0.491 e. The van der Waals surface area contributed by atoms with Crippen molar-refractivity contribution in [2.75, 3.05) is 23.8 Å². The average molecular weight is 347 g/mol. The van der Waals surface area contributed by atoms with Crippen molar-refractivity contribution < 1.29 is 9.53 Å². The molecule has 0 radical (unpaired) electrons. The molecule has 2 N–H and O–H groups in total. The van der Waals surface area contributed by atoms with Crippen molar-refractivity contribution in [3.63, 3.8) is 0 Å². The lowest BCUT2D eigenvalue weighted by Gasteiger charge is -2.22. The van der Waals surface area contributed by atoms with Crippen LogP contribution in [-0.4, -0.2) is 19.1 Å². The Balaban J connectivity index is 1.99. The van der Waals surface area contributed by atoms with E-state index in [1.54, 1.807) is 23.1 Å². The van der Waals surface area contributed by atoms with E-state index in [0.29, 0.717) is 24.4 Å². The van der Waals surface area contributed by atoms with Gasteiger partial charge in [0.1, 0.15) is 5.75 Å². The Labute approximate surface area is 131 Å². The summed E-state index contributed by atoms with van der Waals surface area (Å²) in [4.78, 5) is 14.6. The summed E-state index contributed by atoms with van der Waals surface area (Å²) in [5.74, 6) is 0.700. The number of nitrogens with two attached hydrogens (primary N) is 1. The normalized spacial score (nSPS) is 14.0. The summed E-state index contributed by atoms with van der Waals surface area (Å²) in [6, 6.07) is 12.9. The first-order valence-corrected chi connectivity index (χ1v) is 7.55. The molecule has 0 atom stereocenters. The van der Waals surface area contributed by atoms with Gasteiger partial charge in [0.15, 0.2) is 0 Å². The van der Waals surface area contributed by atoms with Crippen molar-refractivity contribution in [2.24, 2.45) is 0 Å². The van der Waals surface area contributed by atoms with Crippen LogP contribution in [0, 0.1) is 0 Å². The lowest BCUT2D eigenvalue weighted by molar-refractivity contribution is 0.0987. The summed E-state index contributed by atoms with van der Waals surface area (Å²) in [6.45, 7) is 1.25. The van der Waals surface area contributed by atoms with Gasteiger partial charge in [-0.05, 0) is 52.7 Å². The van der Waals surface area contributed by atoms with Crippen molar-refractivity contribution in [3.05, 3.63) is 52.5 Å². The first-order valence-electron chi connectivity index (χ1n) is 6.75. The van der Waals surface area contributed by atoms with Crippen LogP contribution in [0.2, 0.25) is 0 Å². The number of fused-ring (bicyclic) bond motifs is 1. The molecule has 2 aromatic rings. The number of nitrogen functional groups attached to an aromatic ring is 1. The van der Waals surface area contributed by atoms with Crippen molar-refractivity contribution in [1.29, 1.82) is 0 Å². The molecule has 1 aliphatic rings. The average Bonchev–Trinajstić information content (AvgIpc) is 2.71. The van der Waals surface area contributed by atoms with Gasteiger partial charge in [-0.2, -0.15) is 0 Å². The third-order valence-corrected chi connectivity index (χ3v) is 4.12. The van der Waals surface area contributed by atoms with Gasteiger partial charge in [-0.25, -0.2) is 0 Å². The molecule has 5 heteroatoms. The summed E-state index contributed by atoms with van der Waals surface area (Å²) in [6.07, 6.45) is 0.802. The SMILES string of the molecule is Nc1ccc(C(=O)N2CCCOc3ccccc32)cc1Br. The van der Waals surface area contributed by atoms with E-state index in [4.69, 9.17) is 10.5 Å². The number of halogens is 1. The summed E-state index contributed by atoms with van der Waals surface area (Å²) >= 11 is 3.37. The van der Waals surface area contributed by atoms with Crippen molar-refractivity contribution in [3.8, 4) is 5.75 Å². The van der Waals surface area contributed by atoms with Crippen molar-refractivity contribution in [1.82, 2.24) is 0 Å². The fourth-order valence-corrected chi connectivity index (χ4v) is 2.73. The molecule has 0 aliphatic carbocycles. The maximum Gasteiger partial charge on any atom is 0.258 e. The van der Waals surface area contributed by atoms with E-state index in [1.165, 1.54) is 0 Å². The first-order chi connectivity index (χ1) is 10.2. The molecule has 0 aromatic heterocycles. The van der Waals surface area contributed by atoms with E-state index in [1.807, 2.05) is 24.3 Å². The zero-order valence-electron chi connectivity index (χ0n) is 11.4. The number of ether oxygens (including phenoxy) is 1. The minimum Gasteiger partial charge on any atom is -0.491 e. The van der Waals surface area contributed by atoms with E-state index in [-0.39, 0.29) is 5.91 Å². The van der Waals surface area contributed by atoms with E-state index >= 15 is 0 Å². The highest BCUT2D eigenvalue weighted by molar-refractivity contribution is 9.10. The first kappa shape index (κ1) is 13.9. The molecule has 108 valence electrons. The van der Waals surface area contributed by atoms with E-state index in [0.717, 1.165) is 22.3 Å². The number of rotatable bonds is 1. The van der Waals surface area contributed by atoms with Gasteiger partial charge in [-0.3, -0.25) is 4.79 Å². The van der Waals surface area contributed by atoms with Crippen LogP contribution in [-0.2, 0) is 0 Å². The highest BCUT2D eigenvalue weighted by Crippen LogP contribution is 2.32. The minimum atomic E-state index is -0.0475. The van der Waals surface area contributed by atoms with Crippen molar-refractivity contribution >= 4 is 33.2 Å². The topological polar surface area (TPSA) is 55.6 Å². The number of benzene rings is 2. The fraction of sp³-hybridized carbons (Fsp3) is 0.188. The van der Waals surface area contributed by atoms with Crippen LogP contribution >= 0.6 is 15.9 Å². The lowest BCUT2D eigenvalue weighted by atomic mass is 10.1. The van der Waals surface area contributed by atoms with E-state index < -0.39 is 0 Å². The van der Waals surface area contributed by atoms with Crippen LogP contribution < -0.4 is 15.4 Å². The van der Waals surface area contributed by atoms with Crippen LogP contribution in [0.5, 0.6) is 5.75 Å². The zero-order valence-corrected chi connectivity index (χ0v) is 13.0. The highest BCUT2D eigenvalue weighted by atomic mass is 79.9. The molecular weight excluding hydrogens is 332 g/mol. The van der Waals surface area contributed by atoms with Gasteiger partial charge in [-0.1, -0.05) is 12.1 Å². The Morgan fingerprint density at radius 2 is 2.05 bits per heavy atom. The smallest absolute Gasteiger partial charge is 0.258 e. The summed E-state index contributed by atoms with van der Waals surface area (Å²) in [5, 5.41) is 0. The second-order valence-electron chi connectivity index (χ2n) is 4.86. The number of carbonyl (C=O) groups excluding carboxylic acids is 1. The quantitative estimate of drug-likeness (QED) is 0.804. The monoisotopic (exact) mass is 346 g/mol. The molecule has 1 heterocycles. The second kappa shape index (κ2) is 5.77. The van der Waals surface area contributed by atoms with Gasteiger partial charge < -0.3 is 15.4 Å². The molecule has 1 amide bonds. The molecule has 0 saturated heterocycles. The van der Waals surface area contributed by atoms with Crippen LogP contribution in [0.1, 0.15) is 16.8 Å². The van der Waals surface area contributed by atoms with Gasteiger partial charge in [0.2, 0.25) is 0 Å². The van der Waals surface area contributed by atoms with Crippen molar-refractivity contribution in [2.45, 2.75) is 6.42 Å². The van der Waals surface area contributed by atoms with E-state index in [2.05, 4.69) is 15.9 Å². The second-order valence-corrected chi connectivity index (χ2v) is 5.72. The zero-order chi connectivity index (χ0) is 14.8. The maximum absolute atomic E-state index is 12.8. The number of carbonyl (C=O) groups is 1. The van der Waals surface area contributed by atoms with E-state index in [9.17, 15) is 4.79 Å². The number of anilines is 2. The standard InChI is InChI=1S/C16H15BrN2O2/c17-12-10-11(6-7-13(12)18)16(20)19-8-3-9-21-15-5-2-1-4-14(15)19/h1-2,4-7,10H,3,8-9,18H2. The molecule has 2 aromatic carbocycles. The summed E-state index contributed by atoms with van der Waals surface area (Å²) < 4.78 is 6.41. The number of para-hydroxylation sites is 2. The maximum atomic E-state index is 12.8.